The maximum absolute atomic E-state index is 13.1. The van der Waals surface area contributed by atoms with Crippen LogP contribution in [0.2, 0.25) is 0 Å². The summed E-state index contributed by atoms with van der Waals surface area (Å²) in [4.78, 5) is 33.1. The molecule has 1 aliphatic heterocycles. The number of hydrogen-bond acceptors (Lipinski definition) is 4. The second kappa shape index (κ2) is 9.67. The average molecular weight is 465 g/mol. The van der Waals surface area contributed by atoms with E-state index in [9.17, 15) is 9.59 Å². The number of imidazole rings is 1. The molecule has 3 aromatic rings. The van der Waals surface area contributed by atoms with Crippen molar-refractivity contribution in [3.8, 4) is 11.3 Å². The van der Waals surface area contributed by atoms with Crippen molar-refractivity contribution in [3.63, 3.8) is 0 Å². The van der Waals surface area contributed by atoms with Gasteiger partial charge < -0.3 is 10.2 Å². The molecule has 0 unspecified atom stereocenters. The Labute approximate surface area is 199 Å². The summed E-state index contributed by atoms with van der Waals surface area (Å²) in [5, 5.41) is 4.96. The lowest BCUT2D eigenvalue weighted by Gasteiger charge is -2.30. The SMILES string of the molecule is CC1CCN(C(=O)c2csc3nc(-c4cccc(NC(=O)CCC5CCCC5)c4)cn23)CC1. The highest BCUT2D eigenvalue weighted by atomic mass is 32.1. The molecule has 1 saturated heterocycles. The number of benzene rings is 1. The minimum absolute atomic E-state index is 0.0774. The van der Waals surface area contributed by atoms with Crippen LogP contribution >= 0.6 is 11.3 Å². The number of nitrogens with one attached hydrogen (secondary N) is 1. The first-order valence-electron chi connectivity index (χ1n) is 12.2. The standard InChI is InChI=1S/C26H32N4O2S/c1-18-11-13-29(14-12-18)25(32)23-17-33-26-28-22(16-30(23)26)20-7-4-8-21(15-20)27-24(31)10-9-19-5-2-3-6-19/h4,7-8,15-19H,2-3,5-6,9-14H2,1H3,(H,27,31). The topological polar surface area (TPSA) is 66.7 Å². The van der Waals surface area contributed by atoms with Crippen molar-refractivity contribution in [2.45, 2.75) is 58.3 Å². The average Bonchev–Trinajstić information content (AvgIpc) is 3.55. The third kappa shape index (κ3) is 4.98. The molecule has 33 heavy (non-hydrogen) atoms. The van der Waals surface area contributed by atoms with Gasteiger partial charge in [0.1, 0.15) is 5.69 Å². The molecule has 2 fully saturated rings. The smallest absolute Gasteiger partial charge is 0.271 e. The van der Waals surface area contributed by atoms with Gasteiger partial charge >= 0.3 is 0 Å². The number of nitrogens with zero attached hydrogens (tertiary/aromatic N) is 3. The van der Waals surface area contributed by atoms with Crippen molar-refractivity contribution < 1.29 is 9.59 Å². The third-order valence-corrected chi connectivity index (χ3v) is 8.04. The largest absolute Gasteiger partial charge is 0.337 e. The molecule has 6 nitrogen and oxygen atoms in total. The van der Waals surface area contributed by atoms with Crippen LogP contribution in [0.4, 0.5) is 5.69 Å². The number of hydrogen-bond donors (Lipinski definition) is 1. The van der Waals surface area contributed by atoms with E-state index in [-0.39, 0.29) is 11.8 Å². The number of anilines is 1. The lowest BCUT2D eigenvalue weighted by Crippen LogP contribution is -2.38. The molecule has 7 heteroatoms. The Morgan fingerprint density at radius 3 is 2.73 bits per heavy atom. The number of carbonyl (C=O) groups is 2. The Bertz CT molecular complexity index is 1140. The molecule has 5 rings (SSSR count). The number of amides is 2. The first-order chi connectivity index (χ1) is 16.1. The molecule has 1 saturated carbocycles. The fourth-order valence-corrected chi connectivity index (χ4v) is 5.91. The van der Waals surface area contributed by atoms with Gasteiger partial charge in [-0.1, -0.05) is 44.7 Å². The van der Waals surface area contributed by atoms with Crippen LogP contribution in [0.15, 0.2) is 35.8 Å². The van der Waals surface area contributed by atoms with Gasteiger partial charge in [-0.25, -0.2) is 4.98 Å². The highest BCUT2D eigenvalue weighted by molar-refractivity contribution is 7.15. The predicted molar refractivity (Wildman–Crippen MR) is 133 cm³/mol. The third-order valence-electron chi connectivity index (χ3n) is 7.20. The minimum atomic E-state index is 0.0774. The van der Waals surface area contributed by atoms with Gasteiger partial charge in [-0.3, -0.25) is 14.0 Å². The molecule has 0 bridgehead atoms. The molecule has 174 valence electrons. The number of aromatic nitrogens is 2. The van der Waals surface area contributed by atoms with Crippen molar-refractivity contribution in [2.24, 2.45) is 11.8 Å². The van der Waals surface area contributed by atoms with Gasteiger partial charge in [0.15, 0.2) is 4.96 Å². The second-order valence-corrected chi connectivity index (χ2v) is 10.5. The van der Waals surface area contributed by atoms with Crippen molar-refractivity contribution in [1.29, 1.82) is 0 Å². The van der Waals surface area contributed by atoms with Crippen LogP contribution in [-0.4, -0.2) is 39.2 Å². The summed E-state index contributed by atoms with van der Waals surface area (Å²) in [6.45, 7) is 3.89. The summed E-state index contributed by atoms with van der Waals surface area (Å²) in [5.41, 5.74) is 3.22. The van der Waals surface area contributed by atoms with Gasteiger partial charge in [0.25, 0.3) is 5.91 Å². The van der Waals surface area contributed by atoms with Gasteiger partial charge in [0.2, 0.25) is 5.91 Å². The quantitative estimate of drug-likeness (QED) is 0.498. The normalized spacial score (nSPS) is 17.7. The van der Waals surface area contributed by atoms with Crippen molar-refractivity contribution in [3.05, 3.63) is 41.5 Å². The van der Waals surface area contributed by atoms with E-state index in [0.717, 1.165) is 54.3 Å². The van der Waals surface area contributed by atoms with Crippen LogP contribution in [0.5, 0.6) is 0 Å². The van der Waals surface area contributed by atoms with Gasteiger partial charge in [-0.2, -0.15) is 0 Å². The molecular formula is C26H32N4O2S. The Balaban J connectivity index is 1.28. The first-order valence-corrected chi connectivity index (χ1v) is 13.1. The van der Waals surface area contributed by atoms with E-state index in [1.165, 1.54) is 37.0 Å². The molecule has 0 atom stereocenters. The Kier molecular flexibility index (Phi) is 6.49. The lowest BCUT2D eigenvalue weighted by molar-refractivity contribution is -0.116. The number of piperidine rings is 1. The van der Waals surface area contributed by atoms with E-state index in [2.05, 4.69) is 12.2 Å². The van der Waals surface area contributed by atoms with Gasteiger partial charge in [-0.15, -0.1) is 11.3 Å². The van der Waals surface area contributed by atoms with Gasteiger partial charge in [-0.05, 0) is 43.2 Å². The molecule has 2 aromatic heterocycles. The van der Waals surface area contributed by atoms with E-state index >= 15 is 0 Å². The Hall–Kier alpha value is -2.67. The summed E-state index contributed by atoms with van der Waals surface area (Å²) >= 11 is 1.49. The van der Waals surface area contributed by atoms with Crippen LogP contribution in [0.25, 0.3) is 16.2 Å². The number of carbonyl (C=O) groups excluding carboxylic acids is 2. The second-order valence-electron chi connectivity index (χ2n) is 9.69. The maximum atomic E-state index is 13.1. The van der Waals surface area contributed by atoms with Crippen LogP contribution in [0.1, 0.15) is 68.8 Å². The molecule has 1 aliphatic carbocycles. The van der Waals surface area contributed by atoms with Crippen LogP contribution in [0, 0.1) is 11.8 Å². The molecule has 3 heterocycles. The van der Waals surface area contributed by atoms with E-state index in [1.807, 2.05) is 45.1 Å². The molecule has 0 spiro atoms. The summed E-state index contributed by atoms with van der Waals surface area (Å²) in [5.74, 6) is 1.56. The van der Waals surface area contributed by atoms with Crippen molar-refractivity contribution in [1.82, 2.24) is 14.3 Å². The Morgan fingerprint density at radius 2 is 1.94 bits per heavy atom. The summed E-state index contributed by atoms with van der Waals surface area (Å²) < 4.78 is 1.91. The number of thiazole rings is 1. The summed E-state index contributed by atoms with van der Waals surface area (Å²) in [6, 6.07) is 7.82. The van der Waals surface area contributed by atoms with E-state index in [4.69, 9.17) is 4.98 Å². The highest BCUT2D eigenvalue weighted by Crippen LogP contribution is 2.29. The van der Waals surface area contributed by atoms with E-state index in [1.54, 1.807) is 0 Å². The van der Waals surface area contributed by atoms with E-state index in [0.29, 0.717) is 24.0 Å². The van der Waals surface area contributed by atoms with Crippen molar-refractivity contribution >= 4 is 33.8 Å². The number of rotatable bonds is 6. The maximum Gasteiger partial charge on any atom is 0.271 e. The van der Waals surface area contributed by atoms with E-state index < -0.39 is 0 Å². The number of likely N-dealkylation sites (tertiary alicyclic amines) is 1. The molecule has 1 aromatic carbocycles. The van der Waals surface area contributed by atoms with Crippen LogP contribution < -0.4 is 5.32 Å². The van der Waals surface area contributed by atoms with Gasteiger partial charge in [0, 0.05) is 42.3 Å². The number of fused-ring (bicyclic) bond motifs is 1. The summed E-state index contributed by atoms with van der Waals surface area (Å²) in [7, 11) is 0. The molecule has 2 aliphatic rings. The minimum Gasteiger partial charge on any atom is -0.337 e. The van der Waals surface area contributed by atoms with Crippen LogP contribution in [0.3, 0.4) is 0 Å². The fraction of sp³-hybridized carbons (Fsp3) is 0.500. The highest BCUT2D eigenvalue weighted by Gasteiger charge is 2.24. The zero-order chi connectivity index (χ0) is 22.8. The fourth-order valence-electron chi connectivity index (χ4n) is 5.06. The molecule has 0 radical (unpaired) electrons. The molecule has 2 amide bonds. The predicted octanol–water partition coefficient (Wildman–Crippen LogP) is 5.84. The lowest BCUT2D eigenvalue weighted by atomic mass is 9.99. The molecular weight excluding hydrogens is 432 g/mol. The summed E-state index contributed by atoms with van der Waals surface area (Å²) in [6.07, 6.45) is 10.8. The van der Waals surface area contributed by atoms with Gasteiger partial charge in [0.05, 0.1) is 5.69 Å². The monoisotopic (exact) mass is 464 g/mol. The molecule has 1 N–H and O–H groups in total. The Morgan fingerprint density at radius 1 is 1.15 bits per heavy atom. The van der Waals surface area contributed by atoms with Crippen molar-refractivity contribution in [2.75, 3.05) is 18.4 Å². The van der Waals surface area contributed by atoms with Crippen LogP contribution in [-0.2, 0) is 4.79 Å². The first kappa shape index (κ1) is 22.1. The zero-order valence-electron chi connectivity index (χ0n) is 19.3. The zero-order valence-corrected chi connectivity index (χ0v) is 20.1.